The van der Waals surface area contributed by atoms with E-state index in [9.17, 15) is 9.59 Å². The molecule has 0 heterocycles. The molecule has 0 aromatic carbocycles. The van der Waals surface area contributed by atoms with Crippen molar-refractivity contribution in [2.24, 2.45) is 11.8 Å². The second-order valence-corrected chi connectivity index (χ2v) is 4.28. The lowest BCUT2D eigenvalue weighted by Gasteiger charge is -2.35. The van der Waals surface area contributed by atoms with Gasteiger partial charge in [0.1, 0.15) is 6.29 Å². The van der Waals surface area contributed by atoms with E-state index in [1.54, 1.807) is 6.92 Å². The summed E-state index contributed by atoms with van der Waals surface area (Å²) in [6.07, 6.45) is 1.05. The zero-order valence-electron chi connectivity index (χ0n) is 10.2. The largest absolute Gasteiger partial charge is 0.453 e. The second kappa shape index (κ2) is 5.73. The third-order valence-electron chi connectivity index (χ3n) is 2.82. The SMILES string of the molecule is CCC(C(C)C)[C@](C)(C=O)NC(=O)OC. The van der Waals surface area contributed by atoms with Gasteiger partial charge in [-0.05, 0) is 18.8 Å². The molecule has 0 aromatic heterocycles. The van der Waals surface area contributed by atoms with E-state index in [1.165, 1.54) is 7.11 Å². The van der Waals surface area contributed by atoms with E-state index in [2.05, 4.69) is 10.1 Å². The predicted octanol–water partition coefficient (Wildman–Crippen LogP) is 1.98. The monoisotopic (exact) mass is 215 g/mol. The number of hydrogen-bond donors (Lipinski definition) is 1. The molecule has 0 aliphatic rings. The number of methoxy groups -OCH3 is 1. The first-order valence-corrected chi connectivity index (χ1v) is 5.23. The third kappa shape index (κ3) is 3.53. The van der Waals surface area contributed by atoms with Crippen LogP contribution in [-0.2, 0) is 9.53 Å². The average molecular weight is 215 g/mol. The molecule has 0 aromatic rings. The minimum Gasteiger partial charge on any atom is -0.453 e. The van der Waals surface area contributed by atoms with Crippen molar-refractivity contribution in [3.05, 3.63) is 0 Å². The molecule has 2 atom stereocenters. The molecular weight excluding hydrogens is 194 g/mol. The standard InChI is InChI=1S/C11H21NO3/c1-6-9(8(2)3)11(4,7-13)12-10(14)15-5/h7-9H,6H2,1-5H3,(H,12,14)/t9?,11-/m0/s1. The number of hydrogen-bond acceptors (Lipinski definition) is 3. The van der Waals surface area contributed by atoms with Crippen molar-refractivity contribution in [2.75, 3.05) is 7.11 Å². The van der Waals surface area contributed by atoms with Crippen molar-refractivity contribution < 1.29 is 14.3 Å². The zero-order chi connectivity index (χ0) is 12.1. The van der Waals surface area contributed by atoms with Crippen LogP contribution in [0.25, 0.3) is 0 Å². The van der Waals surface area contributed by atoms with Crippen LogP contribution in [-0.4, -0.2) is 25.0 Å². The lowest BCUT2D eigenvalue weighted by atomic mass is 9.77. The van der Waals surface area contributed by atoms with Crippen LogP contribution in [0.2, 0.25) is 0 Å². The van der Waals surface area contributed by atoms with Crippen molar-refractivity contribution in [2.45, 2.75) is 39.7 Å². The van der Waals surface area contributed by atoms with Crippen LogP contribution in [0.3, 0.4) is 0 Å². The molecule has 1 unspecified atom stereocenters. The topological polar surface area (TPSA) is 55.4 Å². The fraction of sp³-hybridized carbons (Fsp3) is 0.818. The van der Waals surface area contributed by atoms with Gasteiger partial charge in [-0.3, -0.25) is 0 Å². The predicted molar refractivity (Wildman–Crippen MR) is 58.6 cm³/mol. The number of carbonyl (C=O) groups excluding carboxylic acids is 2. The van der Waals surface area contributed by atoms with Gasteiger partial charge in [0, 0.05) is 0 Å². The number of nitrogens with one attached hydrogen (secondary N) is 1. The quantitative estimate of drug-likeness (QED) is 0.713. The van der Waals surface area contributed by atoms with Crippen LogP contribution in [0.15, 0.2) is 0 Å². The summed E-state index contributed by atoms with van der Waals surface area (Å²) in [7, 11) is 1.29. The summed E-state index contributed by atoms with van der Waals surface area (Å²) in [6.45, 7) is 7.81. The molecule has 0 bridgehead atoms. The molecule has 4 nitrogen and oxygen atoms in total. The number of alkyl carbamates (subject to hydrolysis) is 1. The summed E-state index contributed by atoms with van der Waals surface area (Å²) in [5, 5.41) is 2.60. The van der Waals surface area contributed by atoms with Gasteiger partial charge in [-0.25, -0.2) is 4.79 Å². The summed E-state index contributed by atoms with van der Waals surface area (Å²) in [4.78, 5) is 22.2. The molecule has 88 valence electrons. The Hall–Kier alpha value is -1.06. The molecular formula is C11H21NO3. The zero-order valence-corrected chi connectivity index (χ0v) is 10.2. The van der Waals surface area contributed by atoms with Crippen molar-refractivity contribution in [3.8, 4) is 0 Å². The van der Waals surface area contributed by atoms with Crippen LogP contribution >= 0.6 is 0 Å². The molecule has 0 saturated heterocycles. The highest BCUT2D eigenvalue weighted by Gasteiger charge is 2.36. The molecule has 15 heavy (non-hydrogen) atoms. The van der Waals surface area contributed by atoms with Gasteiger partial charge < -0.3 is 14.8 Å². The van der Waals surface area contributed by atoms with Gasteiger partial charge in [-0.2, -0.15) is 0 Å². The lowest BCUT2D eigenvalue weighted by molar-refractivity contribution is -0.115. The smallest absolute Gasteiger partial charge is 0.407 e. The van der Waals surface area contributed by atoms with Crippen LogP contribution < -0.4 is 5.32 Å². The Morgan fingerprint density at radius 3 is 2.33 bits per heavy atom. The second-order valence-electron chi connectivity index (χ2n) is 4.28. The number of aldehydes is 1. The van der Waals surface area contributed by atoms with Gasteiger partial charge in [0.2, 0.25) is 0 Å². The Morgan fingerprint density at radius 2 is 2.07 bits per heavy atom. The highest BCUT2D eigenvalue weighted by atomic mass is 16.5. The van der Waals surface area contributed by atoms with E-state index >= 15 is 0 Å². The first kappa shape index (κ1) is 13.9. The summed E-state index contributed by atoms with van der Waals surface area (Å²) in [5.41, 5.74) is -0.851. The van der Waals surface area contributed by atoms with Gasteiger partial charge in [0.05, 0.1) is 12.6 Å². The number of amides is 1. The molecule has 1 amide bonds. The number of rotatable bonds is 5. The lowest BCUT2D eigenvalue weighted by Crippen LogP contribution is -2.54. The minimum absolute atomic E-state index is 0.106. The van der Waals surface area contributed by atoms with Crippen molar-refractivity contribution in [1.29, 1.82) is 0 Å². The van der Waals surface area contributed by atoms with Crippen LogP contribution in [0.5, 0.6) is 0 Å². The Labute approximate surface area is 91.4 Å². The molecule has 0 fully saturated rings. The fourth-order valence-electron chi connectivity index (χ4n) is 2.07. The summed E-state index contributed by atoms with van der Waals surface area (Å²) < 4.78 is 4.51. The van der Waals surface area contributed by atoms with Crippen molar-refractivity contribution >= 4 is 12.4 Å². The van der Waals surface area contributed by atoms with Crippen molar-refractivity contribution in [1.82, 2.24) is 5.32 Å². The summed E-state index contributed by atoms with van der Waals surface area (Å²) in [5.74, 6) is 0.427. The molecule has 0 saturated carbocycles. The molecule has 1 N–H and O–H groups in total. The van der Waals surface area contributed by atoms with E-state index < -0.39 is 11.6 Å². The van der Waals surface area contributed by atoms with Gasteiger partial charge >= 0.3 is 6.09 Å². The van der Waals surface area contributed by atoms with Crippen molar-refractivity contribution in [3.63, 3.8) is 0 Å². The highest BCUT2D eigenvalue weighted by molar-refractivity contribution is 5.76. The Kier molecular flexibility index (Phi) is 5.33. The van der Waals surface area contributed by atoms with Gasteiger partial charge in [0.15, 0.2) is 0 Å². The average Bonchev–Trinajstić information content (AvgIpc) is 2.17. The summed E-state index contributed by atoms with van der Waals surface area (Å²) in [6, 6.07) is 0. The molecule has 0 radical (unpaired) electrons. The van der Waals surface area contributed by atoms with Crippen LogP contribution in [0.1, 0.15) is 34.1 Å². The summed E-state index contributed by atoms with van der Waals surface area (Å²) >= 11 is 0. The molecule has 0 aliphatic carbocycles. The normalized spacial score (nSPS) is 16.7. The van der Waals surface area contributed by atoms with Gasteiger partial charge in [-0.15, -0.1) is 0 Å². The van der Waals surface area contributed by atoms with E-state index in [0.29, 0.717) is 5.92 Å². The maximum atomic E-state index is 11.1. The van der Waals surface area contributed by atoms with Crippen LogP contribution in [0, 0.1) is 11.8 Å². The third-order valence-corrected chi connectivity index (χ3v) is 2.82. The molecule has 0 spiro atoms. The van der Waals surface area contributed by atoms with E-state index in [1.807, 2.05) is 20.8 Å². The molecule has 0 aliphatic heterocycles. The van der Waals surface area contributed by atoms with Gasteiger partial charge in [0.25, 0.3) is 0 Å². The maximum absolute atomic E-state index is 11.1. The first-order chi connectivity index (χ1) is 6.91. The minimum atomic E-state index is -0.851. The maximum Gasteiger partial charge on any atom is 0.407 e. The number of carbonyl (C=O) groups is 2. The van der Waals surface area contributed by atoms with Gasteiger partial charge in [-0.1, -0.05) is 27.2 Å². The highest BCUT2D eigenvalue weighted by Crippen LogP contribution is 2.26. The number of ether oxygens (including phenoxy) is 1. The van der Waals surface area contributed by atoms with E-state index in [0.717, 1.165) is 12.7 Å². The molecule has 0 rings (SSSR count). The first-order valence-electron chi connectivity index (χ1n) is 5.23. The van der Waals surface area contributed by atoms with E-state index in [4.69, 9.17) is 0 Å². The van der Waals surface area contributed by atoms with E-state index in [-0.39, 0.29) is 5.92 Å². The molecule has 4 heteroatoms. The Bertz CT molecular complexity index is 228. The Morgan fingerprint density at radius 1 is 1.53 bits per heavy atom. The van der Waals surface area contributed by atoms with Crippen LogP contribution in [0.4, 0.5) is 4.79 Å². The Balaban J connectivity index is 4.80. The fourth-order valence-corrected chi connectivity index (χ4v) is 2.07.